The maximum absolute atomic E-state index is 3.49. The fourth-order valence-electron chi connectivity index (χ4n) is 2.82. The molecule has 0 radical (unpaired) electrons. The molecule has 0 aromatic carbocycles. The third-order valence-electron chi connectivity index (χ3n) is 4.41. The van der Waals surface area contributed by atoms with Crippen LogP contribution in [-0.4, -0.2) is 37.1 Å². The van der Waals surface area contributed by atoms with Gasteiger partial charge in [0.25, 0.3) is 0 Å². The second kappa shape index (κ2) is 6.61. The van der Waals surface area contributed by atoms with Crippen LogP contribution in [-0.2, 0) is 0 Å². The van der Waals surface area contributed by atoms with E-state index < -0.39 is 0 Å². The van der Waals surface area contributed by atoms with E-state index >= 15 is 0 Å². The van der Waals surface area contributed by atoms with Crippen molar-refractivity contribution < 1.29 is 0 Å². The van der Waals surface area contributed by atoms with Crippen molar-refractivity contribution in [2.45, 2.75) is 59.0 Å². The Labute approximate surface area is 102 Å². The number of hydrogen-bond acceptors (Lipinski definition) is 2. The summed E-state index contributed by atoms with van der Waals surface area (Å²) in [5.74, 6) is 1.69. The standard InChI is InChI=1S/C14H30N2/c1-6-12(3)14(15-5)10-16-8-7-11(2)9-13(16)4/h11-15H,6-10H2,1-5H3. The number of nitrogens with zero attached hydrogens (tertiary/aromatic N) is 1. The van der Waals surface area contributed by atoms with Crippen molar-refractivity contribution >= 4 is 0 Å². The van der Waals surface area contributed by atoms with Gasteiger partial charge in [0.05, 0.1) is 0 Å². The molecule has 0 aromatic rings. The highest BCUT2D eigenvalue weighted by molar-refractivity contribution is 4.82. The van der Waals surface area contributed by atoms with Crippen molar-refractivity contribution in [3.8, 4) is 0 Å². The van der Waals surface area contributed by atoms with Gasteiger partial charge in [0.1, 0.15) is 0 Å². The normalized spacial score (nSPS) is 31.3. The molecular weight excluding hydrogens is 196 g/mol. The highest BCUT2D eigenvalue weighted by Gasteiger charge is 2.26. The smallest absolute Gasteiger partial charge is 0.0217 e. The third-order valence-corrected chi connectivity index (χ3v) is 4.41. The zero-order chi connectivity index (χ0) is 12.1. The van der Waals surface area contributed by atoms with E-state index in [2.05, 4.69) is 45.0 Å². The van der Waals surface area contributed by atoms with Gasteiger partial charge in [-0.2, -0.15) is 0 Å². The van der Waals surface area contributed by atoms with E-state index in [1.54, 1.807) is 0 Å². The summed E-state index contributed by atoms with van der Waals surface area (Å²) in [5, 5.41) is 3.49. The maximum Gasteiger partial charge on any atom is 0.0217 e. The maximum atomic E-state index is 3.49. The summed E-state index contributed by atoms with van der Waals surface area (Å²) < 4.78 is 0. The van der Waals surface area contributed by atoms with Crippen LogP contribution in [0, 0.1) is 11.8 Å². The average molecular weight is 226 g/mol. The lowest BCUT2D eigenvalue weighted by Crippen LogP contribution is -2.49. The van der Waals surface area contributed by atoms with Crippen LogP contribution in [0.1, 0.15) is 47.0 Å². The predicted molar refractivity (Wildman–Crippen MR) is 71.7 cm³/mol. The van der Waals surface area contributed by atoms with Gasteiger partial charge in [0, 0.05) is 18.6 Å². The van der Waals surface area contributed by atoms with Crippen LogP contribution in [0.4, 0.5) is 0 Å². The summed E-state index contributed by atoms with van der Waals surface area (Å²) >= 11 is 0. The Hall–Kier alpha value is -0.0800. The largest absolute Gasteiger partial charge is 0.315 e. The van der Waals surface area contributed by atoms with Gasteiger partial charge in [-0.15, -0.1) is 0 Å². The second-order valence-electron chi connectivity index (χ2n) is 5.75. The number of likely N-dealkylation sites (tertiary alicyclic amines) is 1. The van der Waals surface area contributed by atoms with Crippen molar-refractivity contribution in [3.05, 3.63) is 0 Å². The van der Waals surface area contributed by atoms with E-state index in [9.17, 15) is 0 Å². The van der Waals surface area contributed by atoms with E-state index in [0.29, 0.717) is 6.04 Å². The van der Waals surface area contributed by atoms with Crippen molar-refractivity contribution in [1.82, 2.24) is 10.2 Å². The average Bonchev–Trinajstić information content (AvgIpc) is 2.27. The highest BCUT2D eigenvalue weighted by atomic mass is 15.2. The highest BCUT2D eigenvalue weighted by Crippen LogP contribution is 2.23. The molecule has 16 heavy (non-hydrogen) atoms. The summed E-state index contributed by atoms with van der Waals surface area (Å²) in [7, 11) is 2.11. The molecule has 1 fully saturated rings. The predicted octanol–water partition coefficient (Wildman–Crippen LogP) is 2.74. The topological polar surface area (TPSA) is 15.3 Å². The van der Waals surface area contributed by atoms with Crippen LogP contribution in [0.3, 0.4) is 0 Å². The van der Waals surface area contributed by atoms with Gasteiger partial charge in [-0.1, -0.05) is 27.2 Å². The Morgan fingerprint density at radius 3 is 2.56 bits per heavy atom. The van der Waals surface area contributed by atoms with Crippen LogP contribution in [0.2, 0.25) is 0 Å². The van der Waals surface area contributed by atoms with Crippen LogP contribution >= 0.6 is 0 Å². The molecule has 0 amide bonds. The SMILES string of the molecule is CCC(C)C(CN1CCC(C)CC1C)NC. The number of rotatable bonds is 5. The molecule has 2 nitrogen and oxygen atoms in total. The summed E-state index contributed by atoms with van der Waals surface area (Å²) in [4.78, 5) is 2.67. The third kappa shape index (κ3) is 3.74. The quantitative estimate of drug-likeness (QED) is 0.775. The first-order valence-electron chi connectivity index (χ1n) is 6.99. The summed E-state index contributed by atoms with van der Waals surface area (Å²) in [6, 6.07) is 1.42. The molecule has 0 bridgehead atoms. The molecule has 1 N–H and O–H groups in total. The molecule has 1 rings (SSSR count). The van der Waals surface area contributed by atoms with E-state index in [-0.39, 0.29) is 0 Å². The molecule has 0 spiro atoms. The lowest BCUT2D eigenvalue weighted by atomic mass is 9.91. The Bertz CT molecular complexity index is 193. The summed E-state index contributed by atoms with van der Waals surface area (Å²) in [6.07, 6.45) is 4.02. The molecule has 4 atom stereocenters. The lowest BCUT2D eigenvalue weighted by molar-refractivity contribution is 0.108. The zero-order valence-electron chi connectivity index (χ0n) is 11.8. The van der Waals surface area contributed by atoms with Crippen molar-refractivity contribution in [1.29, 1.82) is 0 Å². The van der Waals surface area contributed by atoms with Gasteiger partial charge in [-0.25, -0.2) is 0 Å². The van der Waals surface area contributed by atoms with Crippen LogP contribution in [0.25, 0.3) is 0 Å². The Balaban J connectivity index is 2.45. The minimum atomic E-state index is 0.654. The minimum absolute atomic E-state index is 0.654. The number of piperidine rings is 1. The number of nitrogens with one attached hydrogen (secondary N) is 1. The first-order chi connectivity index (χ1) is 7.58. The monoisotopic (exact) mass is 226 g/mol. The van der Waals surface area contributed by atoms with Crippen LogP contribution in [0.5, 0.6) is 0 Å². The lowest BCUT2D eigenvalue weighted by Gasteiger charge is -2.39. The van der Waals surface area contributed by atoms with Gasteiger partial charge >= 0.3 is 0 Å². The number of hydrogen-bond donors (Lipinski definition) is 1. The molecule has 96 valence electrons. The Kier molecular flexibility index (Phi) is 5.77. The van der Waals surface area contributed by atoms with Crippen molar-refractivity contribution in [3.63, 3.8) is 0 Å². The fraction of sp³-hybridized carbons (Fsp3) is 1.00. The van der Waals surface area contributed by atoms with Crippen molar-refractivity contribution in [2.24, 2.45) is 11.8 Å². The minimum Gasteiger partial charge on any atom is -0.315 e. The summed E-state index contributed by atoms with van der Waals surface area (Å²) in [6.45, 7) is 11.9. The van der Waals surface area contributed by atoms with Gasteiger partial charge in [-0.05, 0) is 45.2 Å². The van der Waals surface area contributed by atoms with Gasteiger partial charge in [-0.3, -0.25) is 4.90 Å². The fourth-order valence-corrected chi connectivity index (χ4v) is 2.82. The molecule has 0 aliphatic carbocycles. The Morgan fingerprint density at radius 1 is 1.38 bits per heavy atom. The van der Waals surface area contributed by atoms with Crippen molar-refractivity contribution in [2.75, 3.05) is 20.1 Å². The first-order valence-corrected chi connectivity index (χ1v) is 6.99. The molecule has 0 saturated carbocycles. The first kappa shape index (κ1) is 14.0. The molecule has 0 aromatic heterocycles. The van der Waals surface area contributed by atoms with Crippen LogP contribution in [0.15, 0.2) is 0 Å². The van der Waals surface area contributed by atoms with Gasteiger partial charge < -0.3 is 5.32 Å². The van der Waals surface area contributed by atoms with Crippen LogP contribution < -0.4 is 5.32 Å². The zero-order valence-corrected chi connectivity index (χ0v) is 11.8. The molecule has 1 saturated heterocycles. The Morgan fingerprint density at radius 2 is 2.06 bits per heavy atom. The molecular formula is C14H30N2. The molecule has 1 aliphatic heterocycles. The molecule has 1 aliphatic rings. The second-order valence-corrected chi connectivity index (χ2v) is 5.75. The summed E-state index contributed by atoms with van der Waals surface area (Å²) in [5.41, 5.74) is 0. The molecule has 2 heteroatoms. The molecule has 4 unspecified atom stereocenters. The van der Waals surface area contributed by atoms with E-state index in [4.69, 9.17) is 0 Å². The van der Waals surface area contributed by atoms with E-state index in [1.165, 1.54) is 32.4 Å². The van der Waals surface area contributed by atoms with Gasteiger partial charge in [0.15, 0.2) is 0 Å². The molecule has 1 heterocycles. The van der Waals surface area contributed by atoms with E-state index in [1.807, 2.05) is 0 Å². The number of likely N-dealkylation sites (N-methyl/N-ethyl adjacent to an activating group) is 1. The van der Waals surface area contributed by atoms with E-state index in [0.717, 1.165) is 17.9 Å². The van der Waals surface area contributed by atoms with Gasteiger partial charge in [0.2, 0.25) is 0 Å².